The Morgan fingerprint density at radius 2 is 2.12 bits per heavy atom. The summed E-state index contributed by atoms with van der Waals surface area (Å²) in [5.41, 5.74) is 0.711. The van der Waals surface area contributed by atoms with Crippen molar-refractivity contribution in [2.45, 2.75) is 38.1 Å². The first kappa shape index (κ1) is 16.4. The molecule has 1 saturated heterocycles. The molecule has 128 valence electrons. The molecular formula is C17H20N2O5. The number of carboxylic acids is 1. The molecule has 1 N–H and O–H groups in total. The summed E-state index contributed by atoms with van der Waals surface area (Å²) in [5, 5.41) is 20.3. The Bertz CT molecular complexity index is 675. The monoisotopic (exact) mass is 332 g/mol. The number of aryl methyl sites for hydroxylation is 1. The molecule has 0 spiro atoms. The lowest BCUT2D eigenvalue weighted by molar-refractivity contribution is -0.384. The first-order valence-corrected chi connectivity index (χ1v) is 8.23. The molecule has 3 atom stereocenters. The standard InChI is InChI=1S/C17H20N2O5/c20-15(8-7-11-3-1-5-13(9-11)19(23)24)18-10-12-4-2-6-14(12)16(18)17(21)22/h1,3,5,9,12,14,16H,2,4,6-8,10H2,(H,21,22). The number of fused-ring (bicyclic) bond motifs is 1. The number of likely N-dealkylation sites (tertiary alicyclic amines) is 1. The SMILES string of the molecule is O=C(O)C1C2CCCC2CN1C(=O)CCc1cccc([N+](=O)[O-])c1. The molecule has 0 radical (unpaired) electrons. The van der Waals surface area contributed by atoms with Crippen molar-refractivity contribution in [3.05, 3.63) is 39.9 Å². The molecule has 3 unspecified atom stereocenters. The van der Waals surface area contributed by atoms with Crippen molar-refractivity contribution in [1.29, 1.82) is 0 Å². The highest BCUT2D eigenvalue weighted by Crippen LogP contribution is 2.42. The van der Waals surface area contributed by atoms with Gasteiger partial charge in [-0.2, -0.15) is 0 Å². The van der Waals surface area contributed by atoms with E-state index in [2.05, 4.69) is 0 Å². The zero-order chi connectivity index (χ0) is 17.3. The van der Waals surface area contributed by atoms with Crippen LogP contribution in [0.25, 0.3) is 0 Å². The fourth-order valence-corrected chi connectivity index (χ4v) is 4.10. The second-order valence-electron chi connectivity index (χ2n) is 6.61. The number of non-ortho nitro benzene ring substituents is 1. The minimum absolute atomic E-state index is 0.000865. The Morgan fingerprint density at radius 1 is 1.33 bits per heavy atom. The molecule has 1 saturated carbocycles. The Morgan fingerprint density at radius 3 is 2.83 bits per heavy atom. The van der Waals surface area contributed by atoms with Crippen molar-refractivity contribution in [1.82, 2.24) is 4.90 Å². The van der Waals surface area contributed by atoms with Crippen LogP contribution in [-0.2, 0) is 16.0 Å². The maximum atomic E-state index is 12.5. The predicted molar refractivity (Wildman–Crippen MR) is 85.4 cm³/mol. The zero-order valence-electron chi connectivity index (χ0n) is 13.3. The summed E-state index contributed by atoms with van der Waals surface area (Å²) in [6.45, 7) is 0.523. The van der Waals surface area contributed by atoms with E-state index in [0.29, 0.717) is 24.4 Å². The average molecular weight is 332 g/mol. The van der Waals surface area contributed by atoms with Gasteiger partial charge in [-0.05, 0) is 36.7 Å². The van der Waals surface area contributed by atoms with Crippen LogP contribution in [0.2, 0.25) is 0 Å². The molecule has 3 rings (SSSR count). The van der Waals surface area contributed by atoms with Crippen LogP contribution in [0, 0.1) is 22.0 Å². The van der Waals surface area contributed by atoms with Crippen molar-refractivity contribution in [2.24, 2.45) is 11.8 Å². The van der Waals surface area contributed by atoms with E-state index < -0.39 is 16.9 Å². The number of hydrogen-bond acceptors (Lipinski definition) is 4. The third kappa shape index (κ3) is 3.11. The lowest BCUT2D eigenvalue weighted by Gasteiger charge is -2.24. The highest BCUT2D eigenvalue weighted by molar-refractivity contribution is 5.85. The van der Waals surface area contributed by atoms with Gasteiger partial charge in [0.25, 0.3) is 5.69 Å². The van der Waals surface area contributed by atoms with E-state index in [1.165, 1.54) is 17.0 Å². The zero-order valence-corrected chi connectivity index (χ0v) is 13.3. The minimum Gasteiger partial charge on any atom is -0.480 e. The van der Waals surface area contributed by atoms with E-state index in [1.807, 2.05) is 0 Å². The van der Waals surface area contributed by atoms with Gasteiger partial charge in [-0.3, -0.25) is 14.9 Å². The van der Waals surface area contributed by atoms with Crippen LogP contribution in [-0.4, -0.2) is 39.4 Å². The number of hydrogen-bond donors (Lipinski definition) is 1. The summed E-state index contributed by atoms with van der Waals surface area (Å²) in [6, 6.07) is 5.50. The summed E-state index contributed by atoms with van der Waals surface area (Å²) >= 11 is 0. The number of rotatable bonds is 5. The lowest BCUT2D eigenvalue weighted by atomic mass is 9.94. The minimum atomic E-state index is -0.923. The van der Waals surface area contributed by atoms with E-state index in [9.17, 15) is 24.8 Å². The second kappa shape index (κ2) is 6.59. The maximum Gasteiger partial charge on any atom is 0.326 e. The third-order valence-electron chi connectivity index (χ3n) is 5.21. The van der Waals surface area contributed by atoms with Gasteiger partial charge < -0.3 is 10.0 Å². The molecule has 1 aromatic carbocycles. The Labute approximate surface area is 139 Å². The quantitative estimate of drug-likeness (QED) is 0.658. The number of carbonyl (C=O) groups excluding carboxylic acids is 1. The van der Waals surface area contributed by atoms with Crippen LogP contribution in [0.3, 0.4) is 0 Å². The lowest BCUT2D eigenvalue weighted by Crippen LogP contribution is -2.43. The third-order valence-corrected chi connectivity index (χ3v) is 5.21. The first-order chi connectivity index (χ1) is 11.5. The molecular weight excluding hydrogens is 312 g/mol. The predicted octanol–water partition coefficient (Wildman–Crippen LogP) is 2.24. The number of carbonyl (C=O) groups is 2. The molecule has 1 aromatic rings. The number of benzene rings is 1. The molecule has 24 heavy (non-hydrogen) atoms. The highest BCUT2D eigenvalue weighted by atomic mass is 16.6. The van der Waals surface area contributed by atoms with Gasteiger partial charge in [-0.1, -0.05) is 18.6 Å². The summed E-state index contributed by atoms with van der Waals surface area (Å²) in [7, 11) is 0. The van der Waals surface area contributed by atoms with E-state index in [0.717, 1.165) is 19.3 Å². The van der Waals surface area contributed by atoms with Crippen molar-refractivity contribution in [2.75, 3.05) is 6.54 Å². The van der Waals surface area contributed by atoms with Crippen LogP contribution in [0.15, 0.2) is 24.3 Å². The Balaban J connectivity index is 1.65. The smallest absolute Gasteiger partial charge is 0.326 e. The molecule has 1 aliphatic carbocycles. The molecule has 0 bridgehead atoms. The van der Waals surface area contributed by atoms with Crippen LogP contribution in [0.1, 0.15) is 31.2 Å². The summed E-state index contributed by atoms with van der Waals surface area (Å²) < 4.78 is 0. The van der Waals surface area contributed by atoms with Gasteiger partial charge in [-0.25, -0.2) is 4.79 Å². The Kier molecular flexibility index (Phi) is 4.51. The molecule has 2 aliphatic rings. The van der Waals surface area contributed by atoms with Crippen molar-refractivity contribution < 1.29 is 19.6 Å². The van der Waals surface area contributed by atoms with Gasteiger partial charge in [-0.15, -0.1) is 0 Å². The van der Waals surface area contributed by atoms with E-state index >= 15 is 0 Å². The van der Waals surface area contributed by atoms with Crippen molar-refractivity contribution >= 4 is 17.6 Å². The van der Waals surface area contributed by atoms with Crippen LogP contribution in [0.4, 0.5) is 5.69 Å². The first-order valence-electron chi connectivity index (χ1n) is 8.23. The highest BCUT2D eigenvalue weighted by Gasteiger charge is 2.49. The van der Waals surface area contributed by atoms with Gasteiger partial charge in [0.15, 0.2) is 0 Å². The molecule has 1 heterocycles. The molecule has 7 heteroatoms. The number of aliphatic carboxylic acids is 1. The fourth-order valence-electron chi connectivity index (χ4n) is 4.10. The van der Waals surface area contributed by atoms with Crippen molar-refractivity contribution in [3.8, 4) is 0 Å². The number of nitro benzene ring substituents is 1. The van der Waals surface area contributed by atoms with Gasteiger partial charge in [0, 0.05) is 25.1 Å². The molecule has 0 aromatic heterocycles. The molecule has 7 nitrogen and oxygen atoms in total. The summed E-state index contributed by atoms with van der Waals surface area (Å²) in [4.78, 5) is 35.9. The van der Waals surface area contributed by atoms with E-state index in [4.69, 9.17) is 0 Å². The number of amides is 1. The number of nitro groups is 1. The summed E-state index contributed by atoms with van der Waals surface area (Å²) in [6.07, 6.45) is 3.44. The van der Waals surface area contributed by atoms with E-state index in [1.54, 1.807) is 12.1 Å². The van der Waals surface area contributed by atoms with Gasteiger partial charge >= 0.3 is 5.97 Å². The molecule has 1 aliphatic heterocycles. The molecule has 2 fully saturated rings. The largest absolute Gasteiger partial charge is 0.480 e. The van der Waals surface area contributed by atoms with Crippen molar-refractivity contribution in [3.63, 3.8) is 0 Å². The van der Waals surface area contributed by atoms with Gasteiger partial charge in [0.05, 0.1) is 4.92 Å². The van der Waals surface area contributed by atoms with Crippen LogP contribution >= 0.6 is 0 Å². The fraction of sp³-hybridized carbons (Fsp3) is 0.529. The second-order valence-corrected chi connectivity index (χ2v) is 6.61. The average Bonchev–Trinajstić information content (AvgIpc) is 3.13. The van der Waals surface area contributed by atoms with Crippen LogP contribution < -0.4 is 0 Å². The van der Waals surface area contributed by atoms with Gasteiger partial charge in [0.2, 0.25) is 5.91 Å². The normalized spacial score (nSPS) is 25.5. The van der Waals surface area contributed by atoms with E-state index in [-0.39, 0.29) is 23.9 Å². The number of carboxylic acid groups (broad SMARTS) is 1. The van der Waals surface area contributed by atoms with Gasteiger partial charge in [0.1, 0.15) is 6.04 Å². The Hall–Kier alpha value is -2.44. The van der Waals surface area contributed by atoms with Crippen LogP contribution in [0.5, 0.6) is 0 Å². The topological polar surface area (TPSA) is 101 Å². The number of nitrogens with zero attached hydrogens (tertiary/aromatic N) is 2. The summed E-state index contributed by atoms with van der Waals surface area (Å²) in [5.74, 6) is -0.728. The maximum absolute atomic E-state index is 12.5. The molecule has 1 amide bonds.